The molecule has 0 aliphatic carbocycles. The average Bonchev–Trinajstić information content (AvgIpc) is 2.82. The Morgan fingerprint density at radius 1 is 0.667 bits per heavy atom. The van der Waals surface area contributed by atoms with Gasteiger partial charge in [0.25, 0.3) is 0 Å². The number of sulfonamides is 1. The normalized spacial score (nSPS) is 12.3. The molecule has 7 nitrogen and oxygen atoms in total. The molecule has 4 aromatic carbocycles. The van der Waals surface area contributed by atoms with Crippen LogP contribution in [-0.4, -0.2) is 40.4 Å². The number of hydrogen-bond donors (Lipinski definition) is 2. The van der Waals surface area contributed by atoms with Crippen molar-refractivity contribution in [2.45, 2.75) is 18.6 Å². The standard InChI is InChI=1S/C25H18F3NO6S/c26-25(27,28)36(34,35)29(13-15-1-3-19-11-21(23(30)31)7-5-17(19)9-15)14-16-2-4-20-12-22(24(32)33)8-6-18(20)10-16/h1-12H,13-14H2,(H,30,31)(H,32,33). The maximum absolute atomic E-state index is 13.5. The van der Waals surface area contributed by atoms with Crippen molar-refractivity contribution in [3.8, 4) is 0 Å². The molecule has 0 aliphatic heterocycles. The van der Waals surface area contributed by atoms with E-state index in [-0.39, 0.29) is 22.3 Å². The third kappa shape index (κ3) is 5.02. The van der Waals surface area contributed by atoms with Gasteiger partial charge in [0.2, 0.25) is 0 Å². The smallest absolute Gasteiger partial charge is 0.478 e. The van der Waals surface area contributed by atoms with Gasteiger partial charge in [-0.05, 0) is 69.1 Å². The molecule has 0 aromatic heterocycles. The summed E-state index contributed by atoms with van der Waals surface area (Å²) in [5.41, 5.74) is -4.87. The van der Waals surface area contributed by atoms with Crippen LogP contribution in [0.3, 0.4) is 0 Å². The summed E-state index contributed by atoms with van der Waals surface area (Å²) >= 11 is 0. The molecule has 0 unspecified atom stereocenters. The van der Waals surface area contributed by atoms with Crippen molar-refractivity contribution in [1.82, 2.24) is 4.31 Å². The second-order valence-electron chi connectivity index (χ2n) is 8.12. The largest absolute Gasteiger partial charge is 0.511 e. The summed E-state index contributed by atoms with van der Waals surface area (Å²) in [6.07, 6.45) is 0. The van der Waals surface area contributed by atoms with Crippen LogP contribution in [0.5, 0.6) is 0 Å². The Morgan fingerprint density at radius 2 is 1.03 bits per heavy atom. The molecule has 11 heteroatoms. The quantitative estimate of drug-likeness (QED) is 0.347. The van der Waals surface area contributed by atoms with Crippen molar-refractivity contribution >= 4 is 43.5 Å². The lowest BCUT2D eigenvalue weighted by molar-refractivity contribution is -0.0494. The Hall–Kier alpha value is -3.96. The van der Waals surface area contributed by atoms with Crippen LogP contribution in [0, 0.1) is 0 Å². The first-order valence-corrected chi connectivity index (χ1v) is 11.9. The van der Waals surface area contributed by atoms with Crippen molar-refractivity contribution in [2.24, 2.45) is 0 Å². The van der Waals surface area contributed by atoms with Gasteiger partial charge >= 0.3 is 27.5 Å². The molecule has 0 heterocycles. The first kappa shape index (κ1) is 25.1. The molecule has 0 saturated carbocycles. The van der Waals surface area contributed by atoms with Gasteiger partial charge in [0.1, 0.15) is 0 Å². The highest BCUT2D eigenvalue weighted by molar-refractivity contribution is 7.89. The molecule has 36 heavy (non-hydrogen) atoms. The molecular weight excluding hydrogens is 499 g/mol. The molecule has 4 rings (SSSR count). The van der Waals surface area contributed by atoms with Crippen molar-refractivity contribution in [3.05, 3.63) is 95.1 Å². The zero-order valence-corrected chi connectivity index (χ0v) is 19.2. The van der Waals surface area contributed by atoms with Gasteiger partial charge in [0, 0.05) is 13.1 Å². The molecule has 186 valence electrons. The van der Waals surface area contributed by atoms with E-state index >= 15 is 0 Å². The van der Waals surface area contributed by atoms with Crippen molar-refractivity contribution in [3.63, 3.8) is 0 Å². The molecule has 0 fully saturated rings. The first-order chi connectivity index (χ1) is 16.8. The number of alkyl halides is 3. The molecular formula is C25H18F3NO6S. The van der Waals surface area contributed by atoms with Crippen LogP contribution in [0.15, 0.2) is 72.8 Å². The molecule has 0 amide bonds. The topological polar surface area (TPSA) is 112 Å². The predicted octanol–water partition coefficient (Wildman–Crippen LogP) is 5.24. The number of fused-ring (bicyclic) bond motifs is 2. The van der Waals surface area contributed by atoms with E-state index in [4.69, 9.17) is 10.2 Å². The van der Waals surface area contributed by atoms with E-state index in [1.165, 1.54) is 72.8 Å². The third-order valence-corrected chi connectivity index (χ3v) is 7.18. The number of rotatable bonds is 7. The minimum Gasteiger partial charge on any atom is -0.478 e. The molecule has 0 radical (unpaired) electrons. The minimum absolute atomic E-state index is 0.0447. The van der Waals surface area contributed by atoms with E-state index < -0.39 is 40.6 Å². The molecule has 0 aliphatic rings. The van der Waals surface area contributed by atoms with Crippen LogP contribution >= 0.6 is 0 Å². The van der Waals surface area contributed by atoms with Crippen LogP contribution in [0.25, 0.3) is 21.5 Å². The van der Waals surface area contributed by atoms with E-state index in [2.05, 4.69) is 0 Å². The lowest BCUT2D eigenvalue weighted by Crippen LogP contribution is -2.39. The number of carbonyl (C=O) groups is 2. The monoisotopic (exact) mass is 517 g/mol. The second kappa shape index (κ2) is 9.25. The van der Waals surface area contributed by atoms with Crippen molar-refractivity contribution in [1.29, 1.82) is 0 Å². The molecule has 0 bridgehead atoms. The zero-order valence-electron chi connectivity index (χ0n) is 18.4. The predicted molar refractivity (Wildman–Crippen MR) is 126 cm³/mol. The summed E-state index contributed by atoms with van der Waals surface area (Å²) in [6.45, 7) is -1.15. The van der Waals surface area contributed by atoms with E-state index in [1.807, 2.05) is 0 Å². The SMILES string of the molecule is O=C(O)c1ccc2cc(CN(Cc3ccc4cc(C(=O)O)ccc4c3)S(=O)(=O)C(F)(F)F)ccc2c1. The molecule has 4 aromatic rings. The Labute approximate surface area is 203 Å². The van der Waals surface area contributed by atoms with Crippen LogP contribution < -0.4 is 0 Å². The third-order valence-electron chi connectivity index (χ3n) is 5.65. The fraction of sp³-hybridized carbons (Fsp3) is 0.120. The number of hydrogen-bond acceptors (Lipinski definition) is 4. The Morgan fingerprint density at radius 3 is 1.39 bits per heavy atom. The molecule has 0 saturated heterocycles. The average molecular weight is 517 g/mol. The summed E-state index contributed by atoms with van der Waals surface area (Å²) in [7, 11) is -5.70. The van der Waals surface area contributed by atoms with E-state index in [0.29, 0.717) is 25.9 Å². The van der Waals surface area contributed by atoms with Crippen LogP contribution in [-0.2, 0) is 23.1 Å². The van der Waals surface area contributed by atoms with Crippen LogP contribution in [0.4, 0.5) is 13.2 Å². The summed E-state index contributed by atoms with van der Waals surface area (Å²) in [5, 5.41) is 20.4. The number of carboxylic acids is 2. The number of nitrogens with zero attached hydrogens (tertiary/aromatic N) is 1. The highest BCUT2D eigenvalue weighted by Gasteiger charge is 2.49. The van der Waals surface area contributed by atoms with Gasteiger partial charge in [0.05, 0.1) is 11.1 Å². The summed E-state index contributed by atoms with van der Waals surface area (Å²) < 4.78 is 65.6. The lowest BCUT2D eigenvalue weighted by Gasteiger charge is -2.24. The summed E-state index contributed by atoms with van der Waals surface area (Å²) in [5.74, 6) is -2.25. The number of aromatic carboxylic acids is 2. The van der Waals surface area contributed by atoms with Crippen molar-refractivity contribution in [2.75, 3.05) is 0 Å². The molecule has 0 atom stereocenters. The number of carboxylic acid groups (broad SMARTS) is 2. The van der Waals surface area contributed by atoms with Gasteiger partial charge in [0.15, 0.2) is 0 Å². The van der Waals surface area contributed by atoms with Gasteiger partial charge < -0.3 is 10.2 Å². The van der Waals surface area contributed by atoms with Crippen molar-refractivity contribution < 1.29 is 41.4 Å². The molecule has 2 N–H and O–H groups in total. The van der Waals surface area contributed by atoms with E-state index in [9.17, 15) is 31.2 Å². The van der Waals surface area contributed by atoms with Crippen LogP contribution in [0.2, 0.25) is 0 Å². The number of benzene rings is 4. The van der Waals surface area contributed by atoms with Gasteiger partial charge in [-0.15, -0.1) is 0 Å². The highest BCUT2D eigenvalue weighted by atomic mass is 32.2. The summed E-state index contributed by atoms with van der Waals surface area (Å²) in [6, 6.07) is 17.5. The first-order valence-electron chi connectivity index (χ1n) is 10.4. The van der Waals surface area contributed by atoms with E-state index in [0.717, 1.165) is 0 Å². The zero-order chi connectivity index (χ0) is 26.3. The van der Waals surface area contributed by atoms with Gasteiger partial charge in [-0.3, -0.25) is 0 Å². The maximum atomic E-state index is 13.5. The highest BCUT2D eigenvalue weighted by Crippen LogP contribution is 2.31. The van der Waals surface area contributed by atoms with Crippen LogP contribution in [0.1, 0.15) is 31.8 Å². The van der Waals surface area contributed by atoms with Gasteiger partial charge in [-0.25, -0.2) is 18.0 Å². The minimum atomic E-state index is -5.70. The fourth-order valence-corrected chi connectivity index (χ4v) is 4.76. The Balaban J connectivity index is 1.69. The fourth-order valence-electron chi connectivity index (χ4n) is 3.83. The second-order valence-corrected chi connectivity index (χ2v) is 10.1. The Kier molecular flexibility index (Phi) is 6.46. The lowest BCUT2D eigenvalue weighted by atomic mass is 10.0. The van der Waals surface area contributed by atoms with E-state index in [1.54, 1.807) is 0 Å². The maximum Gasteiger partial charge on any atom is 0.511 e. The van der Waals surface area contributed by atoms with Gasteiger partial charge in [-0.1, -0.05) is 36.4 Å². The molecule has 0 spiro atoms. The Bertz CT molecular complexity index is 1520. The summed E-state index contributed by atoms with van der Waals surface area (Å²) in [4.78, 5) is 22.3. The van der Waals surface area contributed by atoms with Gasteiger partial charge in [-0.2, -0.15) is 17.5 Å². The number of halogens is 3.